The van der Waals surface area contributed by atoms with E-state index in [1.807, 2.05) is 11.8 Å². The van der Waals surface area contributed by atoms with E-state index in [0.29, 0.717) is 4.75 Å². The highest BCUT2D eigenvalue weighted by Gasteiger charge is 2.23. The highest BCUT2D eigenvalue weighted by Crippen LogP contribution is 2.29. The van der Waals surface area contributed by atoms with Gasteiger partial charge in [0.2, 0.25) is 0 Å². The quantitative estimate of drug-likeness (QED) is 0.788. The minimum Gasteiger partial charge on any atom is -0.311 e. The summed E-state index contributed by atoms with van der Waals surface area (Å²) in [4.78, 5) is 0. The van der Waals surface area contributed by atoms with Crippen molar-refractivity contribution in [2.24, 2.45) is 0 Å². The summed E-state index contributed by atoms with van der Waals surface area (Å²) in [6, 6.07) is 6.74. The Morgan fingerprint density at radius 2 is 1.78 bits per heavy atom. The molecule has 0 unspecified atom stereocenters. The second-order valence-corrected chi connectivity index (χ2v) is 6.39. The van der Waals surface area contributed by atoms with Crippen LogP contribution in [0.5, 0.6) is 0 Å². The first-order chi connectivity index (χ1) is 8.56. The zero-order chi connectivity index (χ0) is 13.6. The molecule has 1 N–H and O–H groups in total. The van der Waals surface area contributed by atoms with Gasteiger partial charge in [0.1, 0.15) is 0 Å². The van der Waals surface area contributed by atoms with E-state index >= 15 is 0 Å². The minimum atomic E-state index is 0.403. The molecule has 0 saturated heterocycles. The van der Waals surface area contributed by atoms with Crippen LogP contribution in [-0.4, -0.2) is 17.5 Å². The third-order valence-corrected chi connectivity index (χ3v) is 5.66. The number of hydrogen-bond acceptors (Lipinski definition) is 2. The fraction of sp³-hybridized carbons (Fsp3) is 0.625. The van der Waals surface area contributed by atoms with Crippen LogP contribution in [0.25, 0.3) is 0 Å². The van der Waals surface area contributed by atoms with E-state index in [1.54, 1.807) is 0 Å². The zero-order valence-electron chi connectivity index (χ0n) is 12.5. The van der Waals surface area contributed by atoms with E-state index in [-0.39, 0.29) is 0 Å². The van der Waals surface area contributed by atoms with Crippen LogP contribution in [0.4, 0.5) is 0 Å². The molecule has 18 heavy (non-hydrogen) atoms. The molecule has 0 atom stereocenters. The van der Waals surface area contributed by atoms with Crippen LogP contribution in [0.1, 0.15) is 43.4 Å². The molecular weight excluding hydrogens is 238 g/mol. The Hall–Kier alpha value is -0.470. The fourth-order valence-electron chi connectivity index (χ4n) is 2.21. The molecule has 1 aromatic rings. The third kappa shape index (κ3) is 4.03. The molecule has 1 nitrogen and oxygen atoms in total. The van der Waals surface area contributed by atoms with Gasteiger partial charge in [-0.25, -0.2) is 0 Å². The van der Waals surface area contributed by atoms with Gasteiger partial charge in [0, 0.05) is 17.8 Å². The molecule has 0 aliphatic heterocycles. The Labute approximate surface area is 117 Å². The second-order valence-electron chi connectivity index (χ2n) is 5.12. The van der Waals surface area contributed by atoms with E-state index in [2.05, 4.69) is 57.5 Å². The molecule has 0 radical (unpaired) electrons. The topological polar surface area (TPSA) is 12.0 Å². The van der Waals surface area contributed by atoms with Crippen molar-refractivity contribution in [2.75, 3.05) is 12.8 Å². The maximum Gasteiger partial charge on any atom is 0.0276 e. The Kier molecular flexibility index (Phi) is 6.24. The van der Waals surface area contributed by atoms with Gasteiger partial charge in [-0.15, -0.1) is 0 Å². The summed E-state index contributed by atoms with van der Waals surface area (Å²) in [5, 5.41) is 3.62. The van der Waals surface area contributed by atoms with Crippen LogP contribution in [0.3, 0.4) is 0 Å². The van der Waals surface area contributed by atoms with Crippen molar-refractivity contribution < 1.29 is 0 Å². The van der Waals surface area contributed by atoms with Crippen molar-refractivity contribution in [3.05, 3.63) is 34.9 Å². The molecule has 0 aliphatic rings. The Bertz CT molecular complexity index is 361. The van der Waals surface area contributed by atoms with Gasteiger partial charge in [0.05, 0.1) is 0 Å². The van der Waals surface area contributed by atoms with Crippen LogP contribution in [0, 0.1) is 13.8 Å². The van der Waals surface area contributed by atoms with Gasteiger partial charge >= 0.3 is 0 Å². The maximum absolute atomic E-state index is 3.62. The highest BCUT2D eigenvalue weighted by molar-refractivity contribution is 8.00. The van der Waals surface area contributed by atoms with Crippen molar-refractivity contribution in [3.8, 4) is 0 Å². The van der Waals surface area contributed by atoms with Gasteiger partial charge < -0.3 is 5.32 Å². The van der Waals surface area contributed by atoms with Crippen LogP contribution < -0.4 is 5.32 Å². The lowest BCUT2D eigenvalue weighted by Crippen LogP contribution is -2.36. The molecule has 0 aromatic heterocycles. The summed E-state index contributed by atoms with van der Waals surface area (Å²) in [6.45, 7) is 11.0. The van der Waals surface area contributed by atoms with Crippen LogP contribution >= 0.6 is 11.8 Å². The summed E-state index contributed by atoms with van der Waals surface area (Å²) >= 11 is 2.00. The summed E-state index contributed by atoms with van der Waals surface area (Å²) in [7, 11) is 0. The van der Waals surface area contributed by atoms with Crippen molar-refractivity contribution in [3.63, 3.8) is 0 Å². The normalized spacial score (nSPS) is 11.8. The largest absolute Gasteiger partial charge is 0.311 e. The van der Waals surface area contributed by atoms with E-state index in [0.717, 1.165) is 13.1 Å². The molecule has 0 fully saturated rings. The number of hydrogen-bond donors (Lipinski definition) is 1. The summed E-state index contributed by atoms with van der Waals surface area (Å²) < 4.78 is 0.403. The number of rotatable bonds is 7. The van der Waals surface area contributed by atoms with Gasteiger partial charge in [-0.3, -0.25) is 0 Å². The maximum atomic E-state index is 3.62. The Morgan fingerprint density at radius 3 is 2.28 bits per heavy atom. The van der Waals surface area contributed by atoms with E-state index in [1.165, 1.54) is 29.5 Å². The smallest absolute Gasteiger partial charge is 0.0276 e. The standard InChI is InChI=1S/C16H27NS/c1-6-16(7-2,18-5)12-17-11-15-9-8-13(3)14(4)10-15/h8-10,17H,6-7,11-12H2,1-5H3. The van der Waals surface area contributed by atoms with Gasteiger partial charge in [0.15, 0.2) is 0 Å². The molecule has 0 saturated carbocycles. The molecule has 0 spiro atoms. The first-order valence-electron chi connectivity index (χ1n) is 6.89. The third-order valence-electron chi connectivity index (χ3n) is 4.07. The molecule has 0 amide bonds. The van der Waals surface area contributed by atoms with E-state index in [4.69, 9.17) is 0 Å². The monoisotopic (exact) mass is 265 g/mol. The predicted molar refractivity (Wildman–Crippen MR) is 84.5 cm³/mol. The van der Waals surface area contributed by atoms with Crippen LogP contribution in [-0.2, 0) is 6.54 Å². The lowest BCUT2D eigenvalue weighted by molar-refractivity contribution is 0.495. The molecule has 2 heteroatoms. The summed E-state index contributed by atoms with van der Waals surface area (Å²) in [5.74, 6) is 0. The van der Waals surface area contributed by atoms with E-state index < -0.39 is 0 Å². The summed E-state index contributed by atoms with van der Waals surface area (Å²) in [5.41, 5.74) is 4.15. The highest BCUT2D eigenvalue weighted by atomic mass is 32.2. The summed E-state index contributed by atoms with van der Waals surface area (Å²) in [6.07, 6.45) is 4.68. The van der Waals surface area contributed by atoms with Crippen LogP contribution in [0.15, 0.2) is 18.2 Å². The van der Waals surface area contributed by atoms with Crippen molar-refractivity contribution in [1.82, 2.24) is 5.32 Å². The molecule has 1 aromatic carbocycles. The molecule has 102 valence electrons. The van der Waals surface area contributed by atoms with Gasteiger partial charge in [-0.1, -0.05) is 32.0 Å². The first kappa shape index (κ1) is 15.6. The second kappa shape index (κ2) is 7.20. The minimum absolute atomic E-state index is 0.403. The Morgan fingerprint density at radius 1 is 1.11 bits per heavy atom. The number of benzene rings is 1. The van der Waals surface area contributed by atoms with Crippen molar-refractivity contribution in [2.45, 2.75) is 51.8 Å². The van der Waals surface area contributed by atoms with E-state index in [9.17, 15) is 0 Å². The Balaban J connectivity index is 2.52. The van der Waals surface area contributed by atoms with Gasteiger partial charge in [0.25, 0.3) is 0 Å². The SMILES string of the molecule is CCC(CC)(CNCc1ccc(C)c(C)c1)SC. The number of thioether (sulfide) groups is 1. The van der Waals surface area contributed by atoms with Crippen LogP contribution in [0.2, 0.25) is 0 Å². The number of nitrogens with one attached hydrogen (secondary N) is 1. The van der Waals surface area contributed by atoms with Crippen molar-refractivity contribution >= 4 is 11.8 Å². The zero-order valence-corrected chi connectivity index (χ0v) is 13.3. The molecule has 1 rings (SSSR count). The molecular formula is C16H27NS. The predicted octanol–water partition coefficient (Wildman–Crippen LogP) is 4.31. The lowest BCUT2D eigenvalue weighted by atomic mass is 10.0. The van der Waals surface area contributed by atoms with Gasteiger partial charge in [-0.2, -0.15) is 11.8 Å². The molecule has 0 bridgehead atoms. The first-order valence-corrected chi connectivity index (χ1v) is 8.11. The number of aryl methyl sites for hydroxylation is 2. The fourth-order valence-corrected chi connectivity index (χ4v) is 3.03. The molecule has 0 aliphatic carbocycles. The lowest BCUT2D eigenvalue weighted by Gasteiger charge is -2.30. The average Bonchev–Trinajstić information content (AvgIpc) is 2.39. The average molecular weight is 265 g/mol. The van der Waals surface area contributed by atoms with Crippen molar-refractivity contribution in [1.29, 1.82) is 0 Å². The molecule has 0 heterocycles. The van der Waals surface area contributed by atoms with Gasteiger partial charge in [-0.05, 0) is 49.6 Å².